The van der Waals surface area contributed by atoms with Crippen LogP contribution in [-0.2, 0) is 4.79 Å². The van der Waals surface area contributed by atoms with E-state index >= 15 is 0 Å². The van der Waals surface area contributed by atoms with Gasteiger partial charge in [-0.15, -0.1) is 0 Å². The molecule has 132 valence electrons. The maximum absolute atomic E-state index is 13.1. The van der Waals surface area contributed by atoms with Crippen molar-refractivity contribution in [3.8, 4) is 0 Å². The van der Waals surface area contributed by atoms with Crippen LogP contribution in [0.5, 0.6) is 0 Å². The Balaban J connectivity index is 1.84. The van der Waals surface area contributed by atoms with Gasteiger partial charge in [0, 0.05) is 5.69 Å². The van der Waals surface area contributed by atoms with Crippen LogP contribution in [0.25, 0.3) is 0 Å². The van der Waals surface area contributed by atoms with Crippen molar-refractivity contribution in [2.24, 2.45) is 0 Å². The van der Waals surface area contributed by atoms with Gasteiger partial charge in [-0.05, 0) is 41.2 Å². The molecule has 0 spiro atoms. The van der Waals surface area contributed by atoms with Gasteiger partial charge in [-0.3, -0.25) is 4.79 Å². The average Bonchev–Trinajstić information content (AvgIpc) is 2.70. The van der Waals surface area contributed by atoms with E-state index in [1.165, 1.54) is 5.56 Å². The van der Waals surface area contributed by atoms with E-state index in [9.17, 15) is 4.79 Å². The Morgan fingerprint density at radius 3 is 1.73 bits per heavy atom. The highest BCUT2D eigenvalue weighted by Crippen LogP contribution is 2.27. The molecule has 0 radical (unpaired) electrons. The van der Waals surface area contributed by atoms with Crippen molar-refractivity contribution in [3.63, 3.8) is 0 Å². The summed E-state index contributed by atoms with van der Waals surface area (Å²) in [5, 5.41) is 3.08. The molecule has 3 aromatic rings. The van der Waals surface area contributed by atoms with Crippen LogP contribution in [0.4, 0.5) is 5.69 Å². The van der Waals surface area contributed by atoms with Gasteiger partial charge in [0.2, 0.25) is 5.91 Å². The zero-order valence-corrected chi connectivity index (χ0v) is 15.4. The highest BCUT2D eigenvalue weighted by atomic mass is 16.1. The van der Waals surface area contributed by atoms with Crippen LogP contribution in [-0.4, -0.2) is 5.91 Å². The molecule has 26 heavy (non-hydrogen) atoms. The second-order valence-corrected chi connectivity index (χ2v) is 6.67. The van der Waals surface area contributed by atoms with Crippen molar-refractivity contribution in [1.29, 1.82) is 0 Å². The van der Waals surface area contributed by atoms with Crippen molar-refractivity contribution in [2.45, 2.75) is 32.1 Å². The van der Waals surface area contributed by atoms with Crippen LogP contribution in [0.2, 0.25) is 0 Å². The second-order valence-electron chi connectivity index (χ2n) is 6.67. The van der Waals surface area contributed by atoms with Crippen molar-refractivity contribution in [1.82, 2.24) is 0 Å². The molecule has 0 bridgehead atoms. The zero-order chi connectivity index (χ0) is 18.4. The minimum Gasteiger partial charge on any atom is -0.325 e. The summed E-state index contributed by atoms with van der Waals surface area (Å²) in [5.74, 6) is 0.187. The lowest BCUT2D eigenvalue weighted by atomic mass is 9.90. The Morgan fingerprint density at radius 1 is 0.769 bits per heavy atom. The van der Waals surface area contributed by atoms with Gasteiger partial charge in [0.25, 0.3) is 0 Å². The topological polar surface area (TPSA) is 29.1 Å². The summed E-state index contributed by atoms with van der Waals surface area (Å²) in [5.41, 5.74) is 4.12. The smallest absolute Gasteiger partial charge is 0.236 e. The standard InChI is InChI=1S/C24H25NO/c1-3-18(2)19-14-16-22(17-15-19)25-24(26)23(20-10-6-4-7-11-20)21-12-8-5-9-13-21/h4-18,23H,3H2,1-2H3,(H,25,26)/t18-/m1/s1. The average molecular weight is 343 g/mol. The van der Waals surface area contributed by atoms with Crippen molar-refractivity contribution in [3.05, 3.63) is 102 Å². The summed E-state index contributed by atoms with van der Waals surface area (Å²) in [4.78, 5) is 13.1. The van der Waals surface area contributed by atoms with Crippen LogP contribution in [0.1, 0.15) is 48.8 Å². The minimum absolute atomic E-state index is 0.0151. The summed E-state index contributed by atoms with van der Waals surface area (Å²) in [6.45, 7) is 4.40. The third kappa shape index (κ3) is 4.20. The number of anilines is 1. The molecule has 3 rings (SSSR count). The van der Waals surface area contributed by atoms with Crippen LogP contribution in [0, 0.1) is 0 Å². The number of carbonyl (C=O) groups is 1. The number of nitrogens with one attached hydrogen (secondary N) is 1. The Bertz CT molecular complexity index is 786. The lowest BCUT2D eigenvalue weighted by molar-refractivity contribution is -0.116. The zero-order valence-electron chi connectivity index (χ0n) is 15.4. The molecule has 0 aromatic heterocycles. The first-order valence-corrected chi connectivity index (χ1v) is 9.19. The van der Waals surface area contributed by atoms with E-state index in [4.69, 9.17) is 0 Å². The predicted molar refractivity (Wildman–Crippen MR) is 109 cm³/mol. The summed E-state index contributed by atoms with van der Waals surface area (Å²) in [6, 6.07) is 28.0. The Morgan fingerprint density at radius 2 is 1.27 bits per heavy atom. The molecular formula is C24H25NO. The molecule has 1 N–H and O–H groups in total. The van der Waals surface area contributed by atoms with Crippen LogP contribution >= 0.6 is 0 Å². The first kappa shape index (κ1) is 17.9. The van der Waals surface area contributed by atoms with E-state index in [1.807, 2.05) is 72.8 Å². The third-order valence-corrected chi connectivity index (χ3v) is 4.89. The van der Waals surface area contributed by atoms with Crippen molar-refractivity contribution >= 4 is 11.6 Å². The SMILES string of the molecule is CC[C@@H](C)c1ccc(NC(=O)C(c2ccccc2)c2ccccc2)cc1. The van der Waals surface area contributed by atoms with E-state index in [2.05, 4.69) is 31.3 Å². The highest BCUT2D eigenvalue weighted by Gasteiger charge is 2.22. The van der Waals surface area contributed by atoms with Gasteiger partial charge >= 0.3 is 0 Å². The first-order valence-electron chi connectivity index (χ1n) is 9.19. The maximum atomic E-state index is 13.1. The molecule has 0 aliphatic rings. The van der Waals surface area contributed by atoms with Gasteiger partial charge in [-0.25, -0.2) is 0 Å². The lowest BCUT2D eigenvalue weighted by Crippen LogP contribution is -2.22. The summed E-state index contributed by atoms with van der Waals surface area (Å²) < 4.78 is 0. The van der Waals surface area contributed by atoms with Gasteiger partial charge < -0.3 is 5.32 Å². The van der Waals surface area contributed by atoms with Gasteiger partial charge in [0.05, 0.1) is 5.92 Å². The van der Waals surface area contributed by atoms with Gasteiger partial charge in [-0.2, -0.15) is 0 Å². The molecule has 0 aliphatic carbocycles. The van der Waals surface area contributed by atoms with E-state index in [1.54, 1.807) is 0 Å². The summed E-state index contributed by atoms with van der Waals surface area (Å²) in [7, 11) is 0. The number of amides is 1. The maximum Gasteiger partial charge on any atom is 0.236 e. The molecule has 0 unspecified atom stereocenters. The number of hydrogen-bond donors (Lipinski definition) is 1. The van der Waals surface area contributed by atoms with Crippen LogP contribution < -0.4 is 5.32 Å². The molecule has 0 saturated carbocycles. The fourth-order valence-corrected chi connectivity index (χ4v) is 3.13. The number of rotatable bonds is 6. The number of benzene rings is 3. The Labute approximate surface area is 155 Å². The lowest BCUT2D eigenvalue weighted by Gasteiger charge is -2.18. The van der Waals surface area contributed by atoms with Crippen molar-refractivity contribution in [2.75, 3.05) is 5.32 Å². The normalized spacial score (nSPS) is 12.0. The minimum atomic E-state index is -0.327. The molecule has 0 saturated heterocycles. The second kappa shape index (κ2) is 8.48. The van der Waals surface area contributed by atoms with Gasteiger partial charge in [-0.1, -0.05) is 86.6 Å². The van der Waals surface area contributed by atoms with Gasteiger partial charge in [0.15, 0.2) is 0 Å². The largest absolute Gasteiger partial charge is 0.325 e. The molecule has 1 atom stereocenters. The summed E-state index contributed by atoms with van der Waals surface area (Å²) >= 11 is 0. The fourth-order valence-electron chi connectivity index (χ4n) is 3.13. The molecule has 2 nitrogen and oxygen atoms in total. The molecule has 2 heteroatoms. The van der Waals surface area contributed by atoms with Gasteiger partial charge in [0.1, 0.15) is 0 Å². The molecule has 0 heterocycles. The quantitative estimate of drug-likeness (QED) is 0.587. The van der Waals surface area contributed by atoms with E-state index in [0.29, 0.717) is 5.92 Å². The fraction of sp³-hybridized carbons (Fsp3) is 0.208. The van der Waals surface area contributed by atoms with E-state index < -0.39 is 0 Å². The van der Waals surface area contributed by atoms with Crippen molar-refractivity contribution < 1.29 is 4.79 Å². The molecule has 0 aliphatic heterocycles. The predicted octanol–water partition coefficient (Wildman–Crippen LogP) is 5.97. The van der Waals surface area contributed by atoms with E-state index in [0.717, 1.165) is 23.2 Å². The number of hydrogen-bond acceptors (Lipinski definition) is 1. The summed E-state index contributed by atoms with van der Waals surface area (Å²) in [6.07, 6.45) is 1.11. The first-order chi connectivity index (χ1) is 12.7. The molecule has 1 amide bonds. The molecule has 3 aromatic carbocycles. The Kier molecular flexibility index (Phi) is 5.85. The number of carbonyl (C=O) groups excluding carboxylic acids is 1. The Hall–Kier alpha value is -2.87. The molecule has 0 fully saturated rings. The molecular weight excluding hydrogens is 318 g/mol. The van der Waals surface area contributed by atoms with E-state index in [-0.39, 0.29) is 11.8 Å². The van der Waals surface area contributed by atoms with Crippen LogP contribution in [0.3, 0.4) is 0 Å². The van der Waals surface area contributed by atoms with Crippen LogP contribution in [0.15, 0.2) is 84.9 Å². The third-order valence-electron chi connectivity index (χ3n) is 4.89. The monoisotopic (exact) mass is 343 g/mol. The highest BCUT2D eigenvalue weighted by molar-refractivity contribution is 5.98.